The molecular weight excluding hydrogens is 369 g/mol. The number of rotatable bonds is 4. The van der Waals surface area contributed by atoms with Crippen molar-refractivity contribution in [3.05, 3.63) is 17.5 Å². The van der Waals surface area contributed by atoms with Crippen LogP contribution in [0.15, 0.2) is 10.6 Å². The molecule has 10 heteroatoms. The lowest BCUT2D eigenvalue weighted by atomic mass is 9.73. The number of aryl methyl sites for hydroxylation is 1. The normalized spacial score (nSPS) is 26.0. The van der Waals surface area contributed by atoms with Crippen LogP contribution in [-0.2, 0) is 20.8 Å². The largest absolute Gasteiger partial charge is 0.490 e. The van der Waals surface area contributed by atoms with Gasteiger partial charge in [0.1, 0.15) is 5.76 Å². The maximum atomic E-state index is 10.6. The van der Waals surface area contributed by atoms with Crippen molar-refractivity contribution in [2.45, 2.75) is 45.0 Å². The van der Waals surface area contributed by atoms with E-state index < -0.39 is 12.1 Å². The Morgan fingerprint density at radius 3 is 2.78 bits per heavy atom. The molecule has 0 spiro atoms. The average molecular weight is 394 g/mol. The third kappa shape index (κ3) is 5.91. The van der Waals surface area contributed by atoms with Gasteiger partial charge < -0.3 is 19.1 Å². The molecule has 3 heterocycles. The lowest BCUT2D eigenvalue weighted by Crippen LogP contribution is -2.56. The van der Waals surface area contributed by atoms with E-state index in [0.29, 0.717) is 6.10 Å². The van der Waals surface area contributed by atoms with Gasteiger partial charge in [-0.3, -0.25) is 4.90 Å². The van der Waals surface area contributed by atoms with Crippen molar-refractivity contribution in [1.82, 2.24) is 10.1 Å². The standard InChI is InChI=1S/C15H24N2O3.C2HF3O2/c1-12-8-13(16-20-12)9-17-6-4-14-15(10-17,11-18-2)5-3-7-19-14;3-2(4,5)1(6)7/h8,14H,3-7,9-11H2,1-2H3;(H,6,7). The number of halogens is 3. The molecule has 7 nitrogen and oxygen atoms in total. The first-order valence-corrected chi connectivity index (χ1v) is 8.71. The van der Waals surface area contributed by atoms with Gasteiger partial charge in [-0.25, -0.2) is 4.79 Å². The molecular formula is C17H25F3N2O5. The fourth-order valence-corrected chi connectivity index (χ4v) is 3.74. The van der Waals surface area contributed by atoms with E-state index >= 15 is 0 Å². The van der Waals surface area contributed by atoms with Crippen LogP contribution in [-0.4, -0.2) is 66.8 Å². The van der Waals surface area contributed by atoms with E-state index in [9.17, 15) is 13.2 Å². The minimum Gasteiger partial charge on any atom is -0.475 e. The van der Waals surface area contributed by atoms with Gasteiger partial charge in [0.15, 0.2) is 0 Å². The minimum atomic E-state index is -5.08. The molecule has 2 unspecified atom stereocenters. The summed E-state index contributed by atoms with van der Waals surface area (Å²) in [6, 6.07) is 2.02. The number of fused-ring (bicyclic) bond motifs is 1. The van der Waals surface area contributed by atoms with Crippen molar-refractivity contribution < 1.29 is 37.1 Å². The van der Waals surface area contributed by atoms with Gasteiger partial charge in [-0.2, -0.15) is 13.2 Å². The monoisotopic (exact) mass is 394 g/mol. The first-order chi connectivity index (χ1) is 12.7. The average Bonchev–Trinajstić information content (AvgIpc) is 2.99. The van der Waals surface area contributed by atoms with Crippen LogP contribution in [0.1, 0.15) is 30.7 Å². The summed E-state index contributed by atoms with van der Waals surface area (Å²) in [6.45, 7) is 6.56. The maximum absolute atomic E-state index is 10.6. The van der Waals surface area contributed by atoms with E-state index in [0.717, 1.165) is 57.1 Å². The Morgan fingerprint density at radius 1 is 1.52 bits per heavy atom. The zero-order chi connectivity index (χ0) is 20.1. The van der Waals surface area contributed by atoms with Crippen molar-refractivity contribution in [1.29, 1.82) is 0 Å². The zero-order valence-corrected chi connectivity index (χ0v) is 15.4. The lowest BCUT2D eigenvalue weighted by Gasteiger charge is -2.50. The molecule has 27 heavy (non-hydrogen) atoms. The molecule has 154 valence electrons. The van der Waals surface area contributed by atoms with E-state index in [1.165, 1.54) is 6.42 Å². The van der Waals surface area contributed by atoms with E-state index in [2.05, 4.69) is 10.1 Å². The SMILES string of the molecule is COCC12CCCOC1CCN(Cc1cc(C)on1)C2.O=C(O)C(F)(F)F. The van der Waals surface area contributed by atoms with Crippen molar-refractivity contribution in [2.24, 2.45) is 5.41 Å². The number of hydrogen-bond acceptors (Lipinski definition) is 6. The Bertz CT molecular complexity index is 618. The van der Waals surface area contributed by atoms with Crippen LogP contribution in [0.4, 0.5) is 13.2 Å². The quantitative estimate of drug-likeness (QED) is 0.840. The van der Waals surface area contributed by atoms with Gasteiger partial charge in [0.05, 0.1) is 18.4 Å². The molecule has 0 radical (unpaired) electrons. The molecule has 0 amide bonds. The molecule has 2 aliphatic rings. The molecule has 2 aliphatic heterocycles. The first-order valence-electron chi connectivity index (χ1n) is 8.71. The second kappa shape index (κ2) is 9.03. The minimum absolute atomic E-state index is 0.157. The summed E-state index contributed by atoms with van der Waals surface area (Å²) < 4.78 is 48.4. The molecule has 2 saturated heterocycles. The highest BCUT2D eigenvalue weighted by atomic mass is 19.4. The molecule has 2 atom stereocenters. The highest BCUT2D eigenvalue weighted by Crippen LogP contribution is 2.40. The summed E-state index contributed by atoms with van der Waals surface area (Å²) in [5, 5.41) is 11.2. The van der Waals surface area contributed by atoms with Crippen LogP contribution >= 0.6 is 0 Å². The van der Waals surface area contributed by atoms with Crippen LogP contribution in [0.2, 0.25) is 0 Å². The van der Waals surface area contributed by atoms with Crippen LogP contribution in [0.3, 0.4) is 0 Å². The number of carboxylic acid groups (broad SMARTS) is 1. The van der Waals surface area contributed by atoms with Crippen molar-refractivity contribution in [3.63, 3.8) is 0 Å². The van der Waals surface area contributed by atoms with Crippen LogP contribution in [0, 0.1) is 12.3 Å². The topological polar surface area (TPSA) is 85.0 Å². The third-order valence-electron chi connectivity index (χ3n) is 4.80. The molecule has 2 fully saturated rings. The van der Waals surface area contributed by atoms with Gasteiger partial charge >= 0.3 is 12.1 Å². The predicted molar refractivity (Wildman–Crippen MR) is 88.1 cm³/mol. The molecule has 0 bridgehead atoms. The maximum Gasteiger partial charge on any atom is 0.490 e. The molecule has 0 saturated carbocycles. The summed E-state index contributed by atoms with van der Waals surface area (Å²) in [7, 11) is 1.79. The molecule has 1 aromatic heterocycles. The van der Waals surface area contributed by atoms with Crippen LogP contribution in [0.25, 0.3) is 0 Å². The zero-order valence-electron chi connectivity index (χ0n) is 15.4. The Hall–Kier alpha value is -1.65. The highest BCUT2D eigenvalue weighted by molar-refractivity contribution is 5.73. The molecule has 3 rings (SSSR count). The smallest absolute Gasteiger partial charge is 0.475 e. The van der Waals surface area contributed by atoms with Gasteiger partial charge in [0.2, 0.25) is 0 Å². The van der Waals surface area contributed by atoms with E-state index in [1.54, 1.807) is 7.11 Å². The van der Waals surface area contributed by atoms with Crippen molar-refractivity contribution >= 4 is 5.97 Å². The van der Waals surface area contributed by atoms with Gasteiger partial charge in [-0.1, -0.05) is 5.16 Å². The summed E-state index contributed by atoms with van der Waals surface area (Å²) in [5.41, 5.74) is 1.18. The fourth-order valence-electron chi connectivity index (χ4n) is 3.74. The summed E-state index contributed by atoms with van der Waals surface area (Å²) in [6.07, 6.45) is -1.32. The predicted octanol–water partition coefficient (Wildman–Crippen LogP) is 2.63. The van der Waals surface area contributed by atoms with E-state index in [-0.39, 0.29) is 5.41 Å². The second-order valence-electron chi connectivity index (χ2n) is 6.99. The number of carboxylic acids is 1. The Morgan fingerprint density at radius 2 is 2.22 bits per heavy atom. The lowest BCUT2D eigenvalue weighted by molar-refractivity contribution is -0.192. The summed E-state index contributed by atoms with van der Waals surface area (Å²) in [4.78, 5) is 11.4. The number of aromatic nitrogens is 1. The molecule has 1 N–H and O–H groups in total. The highest BCUT2D eigenvalue weighted by Gasteiger charge is 2.46. The number of nitrogens with zero attached hydrogens (tertiary/aromatic N) is 2. The number of aliphatic carboxylic acids is 1. The Kier molecular flexibility index (Phi) is 7.24. The number of piperidine rings is 1. The van der Waals surface area contributed by atoms with Gasteiger partial charge in [0, 0.05) is 44.8 Å². The molecule has 0 aromatic carbocycles. The van der Waals surface area contributed by atoms with Gasteiger partial charge in [-0.15, -0.1) is 0 Å². The summed E-state index contributed by atoms with van der Waals surface area (Å²) in [5.74, 6) is -1.88. The molecule has 1 aromatic rings. The Labute approximate surface area is 155 Å². The van der Waals surface area contributed by atoms with Gasteiger partial charge in [-0.05, 0) is 26.2 Å². The molecule has 0 aliphatic carbocycles. The van der Waals surface area contributed by atoms with Crippen LogP contribution in [0.5, 0.6) is 0 Å². The fraction of sp³-hybridized carbons (Fsp3) is 0.765. The number of alkyl halides is 3. The van der Waals surface area contributed by atoms with Crippen LogP contribution < -0.4 is 0 Å². The number of carbonyl (C=O) groups is 1. The van der Waals surface area contributed by atoms with Crippen molar-refractivity contribution in [3.8, 4) is 0 Å². The Balaban J connectivity index is 0.000000321. The van der Waals surface area contributed by atoms with Gasteiger partial charge in [0.25, 0.3) is 0 Å². The second-order valence-corrected chi connectivity index (χ2v) is 6.99. The van der Waals surface area contributed by atoms with E-state index in [1.807, 2.05) is 13.0 Å². The van der Waals surface area contributed by atoms with Crippen molar-refractivity contribution in [2.75, 3.05) is 33.4 Å². The van der Waals surface area contributed by atoms with E-state index in [4.69, 9.17) is 23.9 Å². The summed E-state index contributed by atoms with van der Waals surface area (Å²) >= 11 is 0. The number of hydrogen-bond donors (Lipinski definition) is 1. The number of methoxy groups -OCH3 is 1. The first kappa shape index (κ1) is 21.6. The number of likely N-dealkylation sites (tertiary alicyclic amines) is 1. The number of ether oxygens (including phenoxy) is 2. The third-order valence-corrected chi connectivity index (χ3v) is 4.80.